The van der Waals surface area contributed by atoms with Gasteiger partial charge in [-0.05, 0) is 25.2 Å². The van der Waals surface area contributed by atoms with Crippen LogP contribution in [0.1, 0.15) is 5.56 Å². The Labute approximate surface area is 136 Å². The average Bonchev–Trinajstić information content (AvgIpc) is 3.08. The maximum Gasteiger partial charge on any atom is 0.236 e. The van der Waals surface area contributed by atoms with Gasteiger partial charge < -0.3 is 14.2 Å². The summed E-state index contributed by atoms with van der Waals surface area (Å²) in [7, 11) is 1.95. The van der Waals surface area contributed by atoms with E-state index in [1.165, 1.54) is 0 Å². The van der Waals surface area contributed by atoms with Gasteiger partial charge in [0.25, 0.3) is 0 Å². The zero-order valence-corrected chi connectivity index (χ0v) is 13.4. The zero-order chi connectivity index (χ0) is 16.1. The topological polar surface area (TPSA) is 52.8 Å². The molecule has 2 aromatic heterocycles. The van der Waals surface area contributed by atoms with Gasteiger partial charge in [-0.1, -0.05) is 6.07 Å². The molecule has 1 fully saturated rings. The first-order chi connectivity index (χ1) is 11.2. The maximum absolute atomic E-state index is 12.4. The molecule has 3 heterocycles. The third-order valence-corrected chi connectivity index (χ3v) is 4.04. The van der Waals surface area contributed by atoms with Gasteiger partial charge in [-0.2, -0.15) is 0 Å². The summed E-state index contributed by atoms with van der Waals surface area (Å²) in [6.45, 7) is 4.29. The fraction of sp³-hybridized carbons (Fsp3) is 0.412. The largest absolute Gasteiger partial charge is 0.472 e. The molecule has 6 heteroatoms. The van der Waals surface area contributed by atoms with Gasteiger partial charge in [-0.25, -0.2) is 4.98 Å². The first-order valence-electron chi connectivity index (χ1n) is 7.86. The van der Waals surface area contributed by atoms with E-state index >= 15 is 0 Å². The van der Waals surface area contributed by atoms with Gasteiger partial charge in [0.15, 0.2) is 0 Å². The molecule has 1 saturated heterocycles. The second-order valence-electron chi connectivity index (χ2n) is 5.86. The Hall–Kier alpha value is -2.34. The molecule has 0 aromatic carbocycles. The number of aromatic nitrogens is 1. The van der Waals surface area contributed by atoms with Crippen molar-refractivity contribution in [1.29, 1.82) is 0 Å². The summed E-state index contributed by atoms with van der Waals surface area (Å²) in [6.07, 6.45) is 5.17. The quantitative estimate of drug-likeness (QED) is 0.836. The lowest BCUT2D eigenvalue weighted by atomic mass is 10.2. The Bertz CT molecular complexity index is 607. The summed E-state index contributed by atoms with van der Waals surface area (Å²) in [6, 6.07) is 7.84. The molecule has 0 N–H and O–H groups in total. The van der Waals surface area contributed by atoms with E-state index in [4.69, 9.17) is 4.42 Å². The highest BCUT2D eigenvalue weighted by Crippen LogP contribution is 2.13. The summed E-state index contributed by atoms with van der Waals surface area (Å²) in [4.78, 5) is 22.9. The van der Waals surface area contributed by atoms with Gasteiger partial charge in [0.05, 0.1) is 19.1 Å². The predicted molar refractivity (Wildman–Crippen MR) is 88.1 cm³/mol. The fourth-order valence-electron chi connectivity index (χ4n) is 2.81. The van der Waals surface area contributed by atoms with Crippen molar-refractivity contribution in [3.05, 3.63) is 48.6 Å². The Morgan fingerprint density at radius 3 is 2.74 bits per heavy atom. The van der Waals surface area contributed by atoms with Crippen molar-refractivity contribution in [2.45, 2.75) is 6.54 Å². The molecule has 1 amide bonds. The van der Waals surface area contributed by atoms with Crippen molar-refractivity contribution < 1.29 is 9.21 Å². The van der Waals surface area contributed by atoms with Crippen LogP contribution in [0.25, 0.3) is 0 Å². The molecule has 0 spiro atoms. The molecule has 0 radical (unpaired) electrons. The van der Waals surface area contributed by atoms with Crippen LogP contribution in [0.4, 0.5) is 5.82 Å². The van der Waals surface area contributed by atoms with Crippen LogP contribution in [0.5, 0.6) is 0 Å². The van der Waals surface area contributed by atoms with Crippen LogP contribution in [0, 0.1) is 0 Å². The van der Waals surface area contributed by atoms with Crippen LogP contribution in [0.15, 0.2) is 47.4 Å². The summed E-state index contributed by atoms with van der Waals surface area (Å²) in [5.41, 5.74) is 1.08. The third-order valence-electron chi connectivity index (χ3n) is 4.04. The highest BCUT2D eigenvalue weighted by atomic mass is 16.3. The number of likely N-dealkylation sites (N-methyl/N-ethyl adjacent to an activating group) is 1. The fourth-order valence-corrected chi connectivity index (χ4v) is 2.81. The monoisotopic (exact) mass is 314 g/mol. The van der Waals surface area contributed by atoms with Crippen LogP contribution in [0.2, 0.25) is 0 Å². The Morgan fingerprint density at radius 1 is 1.26 bits per heavy atom. The lowest BCUT2D eigenvalue weighted by Crippen LogP contribution is -2.51. The lowest BCUT2D eigenvalue weighted by molar-refractivity contribution is -0.132. The van der Waals surface area contributed by atoms with Crippen molar-refractivity contribution in [2.75, 3.05) is 44.7 Å². The number of nitrogens with zero attached hydrogens (tertiary/aromatic N) is 4. The molecule has 6 nitrogen and oxygen atoms in total. The minimum absolute atomic E-state index is 0.177. The first kappa shape index (κ1) is 15.6. The number of pyridine rings is 1. The van der Waals surface area contributed by atoms with Gasteiger partial charge in [0, 0.05) is 44.5 Å². The Balaban J connectivity index is 1.46. The molecule has 3 rings (SSSR count). The van der Waals surface area contributed by atoms with Crippen LogP contribution in [-0.2, 0) is 11.3 Å². The summed E-state index contributed by atoms with van der Waals surface area (Å²) >= 11 is 0. The predicted octanol–water partition coefficient (Wildman–Crippen LogP) is 1.46. The molecule has 1 aliphatic rings. The molecule has 23 heavy (non-hydrogen) atoms. The van der Waals surface area contributed by atoms with E-state index in [1.807, 2.05) is 41.1 Å². The van der Waals surface area contributed by atoms with E-state index < -0.39 is 0 Å². The number of hydrogen-bond donors (Lipinski definition) is 0. The van der Waals surface area contributed by atoms with Crippen molar-refractivity contribution in [3.63, 3.8) is 0 Å². The molecule has 0 bridgehead atoms. The standard InChI is InChI=1S/C17H22N4O2/c1-19(12-15-5-11-23-14-15)13-17(22)21-9-7-20(8-10-21)16-4-2-3-6-18-16/h2-6,11,14H,7-10,12-13H2,1H3. The number of furan rings is 1. The van der Waals surface area contributed by atoms with E-state index in [0.717, 1.165) is 44.1 Å². The van der Waals surface area contributed by atoms with Crippen LogP contribution in [0.3, 0.4) is 0 Å². The van der Waals surface area contributed by atoms with Gasteiger partial charge in [-0.15, -0.1) is 0 Å². The molecular formula is C17H22N4O2. The van der Waals surface area contributed by atoms with E-state index in [0.29, 0.717) is 6.54 Å². The van der Waals surface area contributed by atoms with Crippen molar-refractivity contribution >= 4 is 11.7 Å². The zero-order valence-electron chi connectivity index (χ0n) is 13.4. The van der Waals surface area contributed by atoms with E-state index in [-0.39, 0.29) is 5.91 Å². The number of rotatable bonds is 5. The minimum Gasteiger partial charge on any atom is -0.472 e. The first-order valence-corrected chi connectivity index (χ1v) is 7.86. The van der Waals surface area contributed by atoms with Crippen molar-refractivity contribution in [1.82, 2.24) is 14.8 Å². The number of anilines is 1. The smallest absolute Gasteiger partial charge is 0.236 e. The number of hydrogen-bond acceptors (Lipinski definition) is 5. The molecule has 2 aromatic rings. The third kappa shape index (κ3) is 4.10. The molecular weight excluding hydrogens is 292 g/mol. The van der Waals surface area contributed by atoms with Gasteiger partial charge in [0.2, 0.25) is 5.91 Å². The van der Waals surface area contributed by atoms with Crippen LogP contribution >= 0.6 is 0 Å². The molecule has 1 aliphatic heterocycles. The van der Waals surface area contributed by atoms with Crippen LogP contribution < -0.4 is 4.90 Å². The minimum atomic E-state index is 0.177. The average molecular weight is 314 g/mol. The Morgan fingerprint density at radius 2 is 2.09 bits per heavy atom. The molecule has 0 aliphatic carbocycles. The summed E-state index contributed by atoms with van der Waals surface area (Å²) in [5.74, 6) is 1.16. The molecule has 0 atom stereocenters. The Kier molecular flexibility index (Phi) is 4.92. The number of carbonyl (C=O) groups is 1. The van der Waals surface area contributed by atoms with E-state index in [2.05, 4.69) is 9.88 Å². The molecule has 122 valence electrons. The van der Waals surface area contributed by atoms with Crippen LogP contribution in [-0.4, -0.2) is 60.5 Å². The van der Waals surface area contributed by atoms with E-state index in [1.54, 1.807) is 18.7 Å². The van der Waals surface area contributed by atoms with Gasteiger partial charge in [-0.3, -0.25) is 9.69 Å². The second kappa shape index (κ2) is 7.28. The highest BCUT2D eigenvalue weighted by molar-refractivity contribution is 5.78. The number of amides is 1. The summed E-state index contributed by atoms with van der Waals surface area (Å²) in [5, 5.41) is 0. The molecule has 0 saturated carbocycles. The van der Waals surface area contributed by atoms with E-state index in [9.17, 15) is 4.79 Å². The summed E-state index contributed by atoms with van der Waals surface area (Å²) < 4.78 is 5.06. The molecule has 0 unspecified atom stereocenters. The number of piperazine rings is 1. The second-order valence-corrected chi connectivity index (χ2v) is 5.86. The highest BCUT2D eigenvalue weighted by Gasteiger charge is 2.22. The van der Waals surface area contributed by atoms with Crippen molar-refractivity contribution in [3.8, 4) is 0 Å². The SMILES string of the molecule is CN(CC(=O)N1CCN(c2ccccn2)CC1)Cc1ccoc1. The van der Waals surface area contributed by atoms with Gasteiger partial charge >= 0.3 is 0 Å². The van der Waals surface area contributed by atoms with Crippen molar-refractivity contribution in [2.24, 2.45) is 0 Å². The normalized spacial score (nSPS) is 15.2. The lowest BCUT2D eigenvalue weighted by Gasteiger charge is -2.36. The van der Waals surface area contributed by atoms with Gasteiger partial charge in [0.1, 0.15) is 5.82 Å². The number of carbonyl (C=O) groups excluding carboxylic acids is 1. The maximum atomic E-state index is 12.4.